The molecule has 6 nitrogen and oxygen atoms in total. The summed E-state index contributed by atoms with van der Waals surface area (Å²) in [6, 6.07) is 45.0. The molecule has 6 rings (SSSR count). The molecule has 0 unspecified atom stereocenters. The molecule has 0 aromatic heterocycles. The highest BCUT2D eigenvalue weighted by atomic mass is 16.7. The van der Waals surface area contributed by atoms with Gasteiger partial charge >= 0.3 is 0 Å². The molecule has 1 fully saturated rings. The van der Waals surface area contributed by atoms with Crippen LogP contribution in [0.25, 0.3) is 10.8 Å². The fourth-order valence-corrected chi connectivity index (χ4v) is 5.69. The minimum atomic E-state index is -0.680. The predicted octanol–water partition coefficient (Wildman–Crippen LogP) is 7.48. The maximum Gasteiger partial charge on any atom is 0.186 e. The Morgan fingerprint density at radius 2 is 1.00 bits per heavy atom. The summed E-state index contributed by atoms with van der Waals surface area (Å²) < 4.78 is 38.6. The van der Waals surface area contributed by atoms with Gasteiger partial charge in [0, 0.05) is 7.11 Å². The third-order valence-corrected chi connectivity index (χ3v) is 8.04. The van der Waals surface area contributed by atoms with Crippen molar-refractivity contribution >= 4 is 10.8 Å². The summed E-state index contributed by atoms with van der Waals surface area (Å²) in [5, 5.41) is 2.39. The third kappa shape index (κ3) is 8.44. The molecule has 1 aliphatic heterocycles. The van der Waals surface area contributed by atoms with E-state index in [1.165, 1.54) is 10.8 Å². The minimum absolute atomic E-state index is 0.294. The van der Waals surface area contributed by atoms with Crippen molar-refractivity contribution < 1.29 is 28.4 Å². The van der Waals surface area contributed by atoms with Gasteiger partial charge in [-0.3, -0.25) is 0 Å². The molecule has 5 atom stereocenters. The molecule has 232 valence electrons. The molecule has 1 aliphatic rings. The molecular weight excluding hydrogens is 564 g/mol. The van der Waals surface area contributed by atoms with Crippen molar-refractivity contribution in [1.29, 1.82) is 0 Å². The van der Waals surface area contributed by atoms with Gasteiger partial charge in [0.2, 0.25) is 0 Å². The molecule has 0 amide bonds. The zero-order valence-electron chi connectivity index (χ0n) is 25.6. The van der Waals surface area contributed by atoms with Crippen LogP contribution < -0.4 is 0 Å². The summed E-state index contributed by atoms with van der Waals surface area (Å²) in [5.74, 6) is 0. The van der Waals surface area contributed by atoms with E-state index in [9.17, 15) is 0 Å². The lowest BCUT2D eigenvalue weighted by molar-refractivity contribution is -0.323. The van der Waals surface area contributed by atoms with E-state index >= 15 is 0 Å². The van der Waals surface area contributed by atoms with Gasteiger partial charge in [-0.1, -0.05) is 127 Å². The average molecular weight is 605 g/mol. The second-order valence-corrected chi connectivity index (χ2v) is 11.3. The van der Waals surface area contributed by atoms with Gasteiger partial charge < -0.3 is 28.4 Å². The van der Waals surface area contributed by atoms with Crippen LogP contribution >= 0.6 is 0 Å². The Bertz CT molecular complexity index is 1580. The van der Waals surface area contributed by atoms with Gasteiger partial charge in [-0.05, 0) is 39.1 Å². The zero-order chi connectivity index (χ0) is 30.7. The number of methoxy groups -OCH3 is 1. The monoisotopic (exact) mass is 604 g/mol. The number of hydrogen-bond acceptors (Lipinski definition) is 6. The SMILES string of the molecule is CO[C@H]1O[C@H](COCc2ccc3ccccc3c2)[C@@H](OCc2ccccc2)[C@H](OCc2ccccc2)[C@H]1OCc1ccccc1. The topological polar surface area (TPSA) is 55.4 Å². The molecule has 0 saturated carbocycles. The van der Waals surface area contributed by atoms with Crippen LogP contribution in [0.1, 0.15) is 22.3 Å². The number of rotatable bonds is 14. The quantitative estimate of drug-likeness (QED) is 0.131. The first-order chi connectivity index (χ1) is 22.3. The van der Waals surface area contributed by atoms with Gasteiger partial charge in [0.1, 0.15) is 24.4 Å². The van der Waals surface area contributed by atoms with E-state index in [2.05, 4.69) is 54.6 Å². The fourth-order valence-electron chi connectivity index (χ4n) is 5.69. The van der Waals surface area contributed by atoms with Crippen molar-refractivity contribution in [2.75, 3.05) is 13.7 Å². The average Bonchev–Trinajstić information content (AvgIpc) is 3.10. The summed E-state index contributed by atoms with van der Waals surface area (Å²) in [5.41, 5.74) is 4.27. The maximum atomic E-state index is 6.68. The van der Waals surface area contributed by atoms with Crippen LogP contribution in [0.3, 0.4) is 0 Å². The lowest BCUT2D eigenvalue weighted by Gasteiger charge is -2.45. The molecule has 1 saturated heterocycles. The Labute approximate surface area is 265 Å². The van der Waals surface area contributed by atoms with E-state index in [4.69, 9.17) is 28.4 Å². The highest BCUT2D eigenvalue weighted by Gasteiger charge is 2.48. The largest absolute Gasteiger partial charge is 0.374 e. The summed E-state index contributed by atoms with van der Waals surface area (Å²) in [7, 11) is 1.63. The molecule has 0 aliphatic carbocycles. The van der Waals surface area contributed by atoms with E-state index in [1.54, 1.807) is 7.11 Å². The number of fused-ring (bicyclic) bond motifs is 1. The Kier molecular flexibility index (Phi) is 11.0. The van der Waals surface area contributed by atoms with Crippen LogP contribution in [-0.4, -0.2) is 44.4 Å². The second kappa shape index (κ2) is 15.9. The number of benzene rings is 5. The van der Waals surface area contributed by atoms with Crippen LogP contribution in [0.5, 0.6) is 0 Å². The molecule has 5 aromatic carbocycles. The molecule has 0 bridgehead atoms. The van der Waals surface area contributed by atoms with E-state index < -0.39 is 30.7 Å². The Balaban J connectivity index is 1.23. The third-order valence-electron chi connectivity index (χ3n) is 8.04. The smallest absolute Gasteiger partial charge is 0.186 e. The van der Waals surface area contributed by atoms with Crippen LogP contribution in [0.15, 0.2) is 133 Å². The molecule has 45 heavy (non-hydrogen) atoms. The Morgan fingerprint density at radius 1 is 0.489 bits per heavy atom. The molecule has 1 heterocycles. The maximum absolute atomic E-state index is 6.68. The van der Waals surface area contributed by atoms with E-state index in [0.717, 1.165) is 22.3 Å². The summed E-state index contributed by atoms with van der Waals surface area (Å²) in [6.07, 6.45) is -2.67. The number of hydrogen-bond donors (Lipinski definition) is 0. The normalized spacial score (nSPS) is 21.6. The minimum Gasteiger partial charge on any atom is -0.374 e. The lowest BCUT2D eigenvalue weighted by Crippen LogP contribution is -2.61. The van der Waals surface area contributed by atoms with Crippen molar-refractivity contribution in [2.45, 2.75) is 57.1 Å². The highest BCUT2D eigenvalue weighted by molar-refractivity contribution is 5.82. The highest BCUT2D eigenvalue weighted by Crippen LogP contribution is 2.31. The number of ether oxygens (including phenoxy) is 6. The molecule has 0 N–H and O–H groups in total. The van der Waals surface area contributed by atoms with Gasteiger partial charge in [0.25, 0.3) is 0 Å². The van der Waals surface area contributed by atoms with Crippen LogP contribution in [0, 0.1) is 0 Å². The van der Waals surface area contributed by atoms with Crippen molar-refractivity contribution in [2.24, 2.45) is 0 Å². The van der Waals surface area contributed by atoms with Crippen molar-refractivity contribution in [3.63, 3.8) is 0 Å². The molecule has 0 spiro atoms. The zero-order valence-corrected chi connectivity index (χ0v) is 25.6. The van der Waals surface area contributed by atoms with Gasteiger partial charge in [0.15, 0.2) is 6.29 Å². The van der Waals surface area contributed by atoms with Gasteiger partial charge in [0.05, 0.1) is 33.0 Å². The van der Waals surface area contributed by atoms with Crippen molar-refractivity contribution in [3.05, 3.63) is 156 Å². The van der Waals surface area contributed by atoms with Crippen molar-refractivity contribution in [3.8, 4) is 0 Å². The van der Waals surface area contributed by atoms with Gasteiger partial charge in [-0.15, -0.1) is 0 Å². The van der Waals surface area contributed by atoms with E-state index in [-0.39, 0.29) is 0 Å². The Morgan fingerprint density at radius 3 is 1.58 bits per heavy atom. The fraction of sp³-hybridized carbons (Fsp3) is 0.282. The lowest BCUT2D eigenvalue weighted by atomic mass is 9.97. The van der Waals surface area contributed by atoms with E-state index in [0.29, 0.717) is 33.0 Å². The van der Waals surface area contributed by atoms with Crippen molar-refractivity contribution in [1.82, 2.24) is 0 Å². The van der Waals surface area contributed by atoms with Crippen LogP contribution in [0.2, 0.25) is 0 Å². The standard InChI is InChI=1S/C39H40O6/c1-40-39-38(44-27-31-17-9-4-10-18-31)37(43-26-30-15-7-3-8-16-30)36(42-25-29-13-5-2-6-14-29)35(45-39)28-41-24-32-21-22-33-19-11-12-20-34(33)23-32/h2-23,35-39H,24-28H2,1H3/t35-,36-,37+,38-,39+/m1/s1. The molecule has 0 radical (unpaired) electrons. The second-order valence-electron chi connectivity index (χ2n) is 11.3. The summed E-state index contributed by atoms with van der Waals surface area (Å²) in [4.78, 5) is 0. The molecule has 5 aromatic rings. The van der Waals surface area contributed by atoms with Crippen LogP contribution in [0.4, 0.5) is 0 Å². The van der Waals surface area contributed by atoms with Gasteiger partial charge in [-0.25, -0.2) is 0 Å². The summed E-state index contributed by atoms with van der Waals surface area (Å²) >= 11 is 0. The predicted molar refractivity (Wildman–Crippen MR) is 174 cm³/mol. The Hall–Kier alpha value is -3.88. The van der Waals surface area contributed by atoms with E-state index in [1.807, 2.05) is 78.9 Å². The molecule has 6 heteroatoms. The van der Waals surface area contributed by atoms with Crippen LogP contribution in [-0.2, 0) is 54.8 Å². The molecular formula is C39H40O6. The first-order valence-electron chi connectivity index (χ1n) is 15.5. The first-order valence-corrected chi connectivity index (χ1v) is 15.5. The summed E-state index contributed by atoms with van der Waals surface area (Å²) in [6.45, 7) is 1.90. The first kappa shape index (κ1) is 31.1. The van der Waals surface area contributed by atoms with Gasteiger partial charge in [-0.2, -0.15) is 0 Å².